The number of carbonyl (C=O) groups excluding carboxylic acids is 1. The molecule has 6 heteroatoms. The molecule has 1 unspecified atom stereocenters. The van der Waals surface area contributed by atoms with Gasteiger partial charge >= 0.3 is 0 Å². The molecule has 1 saturated heterocycles. The maximum absolute atomic E-state index is 12.4. The van der Waals surface area contributed by atoms with Gasteiger partial charge in [0, 0.05) is 18.7 Å². The number of benzene rings is 1. The summed E-state index contributed by atoms with van der Waals surface area (Å²) >= 11 is 0. The largest absolute Gasteiger partial charge is 0.340 e. The van der Waals surface area contributed by atoms with Crippen molar-refractivity contribution >= 4 is 11.6 Å². The van der Waals surface area contributed by atoms with Crippen LogP contribution in [0.2, 0.25) is 0 Å². The summed E-state index contributed by atoms with van der Waals surface area (Å²) in [5.74, 6) is 0.00931. The molecule has 1 N–H and O–H groups in total. The fraction of sp³-hybridized carbons (Fsp3) is 0.533. The second-order valence-corrected chi connectivity index (χ2v) is 5.44. The van der Waals surface area contributed by atoms with Gasteiger partial charge in [-0.25, -0.2) is 0 Å². The zero-order valence-corrected chi connectivity index (χ0v) is 12.2. The fourth-order valence-corrected chi connectivity index (χ4v) is 2.66. The highest BCUT2D eigenvalue weighted by molar-refractivity contribution is 5.81. The number of rotatable bonds is 4. The molecule has 1 heterocycles. The zero-order valence-electron chi connectivity index (χ0n) is 12.2. The lowest BCUT2D eigenvalue weighted by atomic mass is 10.1. The van der Waals surface area contributed by atoms with E-state index in [1.807, 2.05) is 0 Å². The van der Waals surface area contributed by atoms with E-state index in [0.29, 0.717) is 5.56 Å². The minimum Gasteiger partial charge on any atom is -0.340 e. The van der Waals surface area contributed by atoms with Crippen LogP contribution in [-0.4, -0.2) is 35.4 Å². The van der Waals surface area contributed by atoms with E-state index in [9.17, 15) is 14.9 Å². The Kier molecular flexibility index (Phi) is 5.27. The molecule has 0 saturated carbocycles. The molecule has 6 nitrogen and oxygen atoms in total. The van der Waals surface area contributed by atoms with Gasteiger partial charge in [-0.3, -0.25) is 14.9 Å². The third-order valence-corrected chi connectivity index (χ3v) is 3.83. The number of carbonyl (C=O) groups is 1. The van der Waals surface area contributed by atoms with Gasteiger partial charge < -0.3 is 10.2 Å². The molecule has 0 radical (unpaired) electrons. The second-order valence-electron chi connectivity index (χ2n) is 5.44. The van der Waals surface area contributed by atoms with Crippen LogP contribution in [0, 0.1) is 10.1 Å². The van der Waals surface area contributed by atoms with Crippen LogP contribution < -0.4 is 5.32 Å². The number of nitro groups is 1. The quantitative estimate of drug-likeness (QED) is 0.681. The lowest BCUT2D eigenvalue weighted by Crippen LogP contribution is -2.44. The van der Waals surface area contributed by atoms with Crippen molar-refractivity contribution in [3.05, 3.63) is 39.9 Å². The van der Waals surface area contributed by atoms with Crippen molar-refractivity contribution in [2.24, 2.45) is 0 Å². The van der Waals surface area contributed by atoms with E-state index >= 15 is 0 Å². The minimum atomic E-state index is -0.405. The molecular weight excluding hydrogens is 270 g/mol. The molecule has 0 aliphatic carbocycles. The lowest BCUT2D eigenvalue weighted by molar-refractivity contribution is -0.385. The zero-order chi connectivity index (χ0) is 15.2. The van der Waals surface area contributed by atoms with Crippen molar-refractivity contribution in [2.75, 3.05) is 13.6 Å². The summed E-state index contributed by atoms with van der Waals surface area (Å²) in [6.07, 6.45) is 4.12. The third kappa shape index (κ3) is 4.01. The summed E-state index contributed by atoms with van der Waals surface area (Å²) in [4.78, 5) is 24.6. The molecule has 1 atom stereocenters. The van der Waals surface area contributed by atoms with Gasteiger partial charge in [0.15, 0.2) is 0 Å². The lowest BCUT2D eigenvalue weighted by Gasteiger charge is -2.23. The standard InChI is InChI=1S/C15H21N3O3/c1-17(15(19)13-8-3-2-6-10-16-13)11-12-7-4-5-9-14(12)18(20)21/h4-5,7,9,13,16H,2-3,6,8,10-11H2,1H3. The summed E-state index contributed by atoms with van der Waals surface area (Å²) in [6.45, 7) is 1.11. The SMILES string of the molecule is CN(Cc1ccccc1[N+](=O)[O-])C(=O)C1CCCCCN1. The molecule has 1 aromatic carbocycles. The average Bonchev–Trinajstić information content (AvgIpc) is 2.75. The van der Waals surface area contributed by atoms with Crippen molar-refractivity contribution in [1.29, 1.82) is 0 Å². The van der Waals surface area contributed by atoms with Gasteiger partial charge in [-0.2, -0.15) is 0 Å². The maximum Gasteiger partial charge on any atom is 0.274 e. The molecule has 114 valence electrons. The summed E-state index contributed by atoms with van der Waals surface area (Å²) in [6, 6.07) is 6.39. The number of nitrogens with one attached hydrogen (secondary N) is 1. The van der Waals surface area contributed by atoms with Crippen molar-refractivity contribution in [1.82, 2.24) is 10.2 Å². The van der Waals surface area contributed by atoms with Gasteiger partial charge in [-0.05, 0) is 19.4 Å². The summed E-state index contributed by atoms with van der Waals surface area (Å²) in [5, 5.41) is 14.3. The number of nitrogens with zero attached hydrogens (tertiary/aromatic N) is 2. The number of amides is 1. The molecule has 1 aliphatic heterocycles. The Balaban J connectivity index is 2.05. The van der Waals surface area contributed by atoms with Gasteiger partial charge in [0.2, 0.25) is 5.91 Å². The first-order valence-corrected chi connectivity index (χ1v) is 7.30. The average molecular weight is 291 g/mol. The Morgan fingerprint density at radius 1 is 1.38 bits per heavy atom. The normalized spacial score (nSPS) is 18.8. The highest BCUT2D eigenvalue weighted by atomic mass is 16.6. The van der Waals surface area contributed by atoms with Gasteiger partial charge in [0.25, 0.3) is 5.69 Å². The first kappa shape index (κ1) is 15.4. The molecule has 1 amide bonds. The van der Waals surface area contributed by atoms with E-state index in [2.05, 4.69) is 5.32 Å². The molecule has 0 bridgehead atoms. The first-order valence-electron chi connectivity index (χ1n) is 7.30. The Morgan fingerprint density at radius 2 is 2.14 bits per heavy atom. The molecule has 1 aliphatic rings. The molecule has 21 heavy (non-hydrogen) atoms. The Labute approximate surface area is 124 Å². The van der Waals surface area contributed by atoms with E-state index in [0.717, 1.165) is 32.2 Å². The Morgan fingerprint density at radius 3 is 2.90 bits per heavy atom. The van der Waals surface area contributed by atoms with Crippen LogP contribution in [-0.2, 0) is 11.3 Å². The number of hydrogen-bond acceptors (Lipinski definition) is 4. The van der Waals surface area contributed by atoms with Crippen LogP contribution in [0.25, 0.3) is 0 Å². The molecule has 0 spiro atoms. The molecule has 2 rings (SSSR count). The summed E-state index contributed by atoms with van der Waals surface area (Å²) < 4.78 is 0. The van der Waals surface area contributed by atoms with E-state index in [1.54, 1.807) is 30.1 Å². The van der Waals surface area contributed by atoms with Crippen LogP contribution >= 0.6 is 0 Å². The van der Waals surface area contributed by atoms with Crippen LogP contribution in [0.5, 0.6) is 0 Å². The van der Waals surface area contributed by atoms with Crippen molar-refractivity contribution in [2.45, 2.75) is 38.3 Å². The van der Waals surface area contributed by atoms with Crippen LogP contribution in [0.4, 0.5) is 5.69 Å². The van der Waals surface area contributed by atoms with Crippen molar-refractivity contribution < 1.29 is 9.72 Å². The van der Waals surface area contributed by atoms with Crippen molar-refractivity contribution in [3.63, 3.8) is 0 Å². The van der Waals surface area contributed by atoms with E-state index < -0.39 is 4.92 Å². The smallest absolute Gasteiger partial charge is 0.274 e. The molecule has 1 aromatic rings. The summed E-state index contributed by atoms with van der Waals surface area (Å²) in [7, 11) is 1.70. The number of para-hydroxylation sites is 1. The minimum absolute atomic E-state index is 0.00931. The fourth-order valence-electron chi connectivity index (χ4n) is 2.66. The van der Waals surface area contributed by atoms with Gasteiger partial charge in [0.1, 0.15) is 0 Å². The Hall–Kier alpha value is -1.95. The predicted molar refractivity (Wildman–Crippen MR) is 79.8 cm³/mol. The van der Waals surface area contributed by atoms with Crippen LogP contribution in [0.15, 0.2) is 24.3 Å². The van der Waals surface area contributed by atoms with E-state index in [4.69, 9.17) is 0 Å². The van der Waals surface area contributed by atoms with E-state index in [-0.39, 0.29) is 24.2 Å². The molecule has 0 aromatic heterocycles. The summed E-state index contributed by atoms with van der Waals surface area (Å²) in [5.41, 5.74) is 0.623. The monoisotopic (exact) mass is 291 g/mol. The number of hydrogen-bond donors (Lipinski definition) is 1. The van der Waals surface area contributed by atoms with E-state index in [1.165, 1.54) is 6.07 Å². The highest BCUT2D eigenvalue weighted by Crippen LogP contribution is 2.20. The molecular formula is C15H21N3O3. The molecule has 1 fully saturated rings. The van der Waals surface area contributed by atoms with Crippen molar-refractivity contribution in [3.8, 4) is 0 Å². The third-order valence-electron chi connectivity index (χ3n) is 3.83. The number of likely N-dealkylation sites (N-methyl/N-ethyl adjacent to an activating group) is 1. The topological polar surface area (TPSA) is 75.5 Å². The van der Waals surface area contributed by atoms with Gasteiger partial charge in [-0.1, -0.05) is 31.0 Å². The first-order chi connectivity index (χ1) is 10.1. The van der Waals surface area contributed by atoms with Crippen LogP contribution in [0.1, 0.15) is 31.2 Å². The van der Waals surface area contributed by atoms with Gasteiger partial charge in [0.05, 0.1) is 17.5 Å². The predicted octanol–water partition coefficient (Wildman–Crippen LogP) is 2.09. The Bertz CT molecular complexity index is 511. The maximum atomic E-state index is 12.4. The van der Waals surface area contributed by atoms with Gasteiger partial charge in [-0.15, -0.1) is 0 Å². The van der Waals surface area contributed by atoms with Crippen LogP contribution in [0.3, 0.4) is 0 Å². The number of nitro benzene ring substituents is 1. The second kappa shape index (κ2) is 7.17. The highest BCUT2D eigenvalue weighted by Gasteiger charge is 2.24.